The highest BCUT2D eigenvalue weighted by molar-refractivity contribution is 6.31. The van der Waals surface area contributed by atoms with Gasteiger partial charge in [-0.2, -0.15) is 0 Å². The Morgan fingerprint density at radius 2 is 2.38 bits per heavy atom. The van der Waals surface area contributed by atoms with E-state index in [2.05, 4.69) is 15.3 Å². The van der Waals surface area contributed by atoms with Gasteiger partial charge in [0.25, 0.3) is 0 Å². The van der Waals surface area contributed by atoms with Gasteiger partial charge in [-0.1, -0.05) is 11.6 Å². The first-order chi connectivity index (χ1) is 7.70. The second kappa shape index (κ2) is 4.55. The summed E-state index contributed by atoms with van der Waals surface area (Å²) in [6.07, 6.45) is 2.06. The fourth-order valence-electron chi connectivity index (χ4n) is 1.62. The third-order valence-electron chi connectivity index (χ3n) is 2.30. The van der Waals surface area contributed by atoms with E-state index < -0.39 is 0 Å². The number of aromatic nitrogens is 1. The maximum atomic E-state index is 11.4. The SMILES string of the molecule is CONC(=O)Cc1c[nH]c2ccc(Cl)cc12. The van der Waals surface area contributed by atoms with E-state index in [9.17, 15) is 4.79 Å². The number of hydroxylamine groups is 1. The van der Waals surface area contributed by atoms with Crippen LogP contribution in [0.15, 0.2) is 24.4 Å². The van der Waals surface area contributed by atoms with E-state index in [1.165, 1.54) is 7.11 Å². The number of halogens is 1. The molecule has 0 bridgehead atoms. The van der Waals surface area contributed by atoms with E-state index in [-0.39, 0.29) is 12.3 Å². The summed E-state index contributed by atoms with van der Waals surface area (Å²) in [5.41, 5.74) is 4.14. The molecule has 1 aromatic heterocycles. The van der Waals surface area contributed by atoms with Crippen molar-refractivity contribution < 1.29 is 9.63 Å². The molecule has 0 radical (unpaired) electrons. The van der Waals surface area contributed by atoms with Gasteiger partial charge in [0.15, 0.2) is 0 Å². The first-order valence-corrected chi connectivity index (χ1v) is 5.16. The quantitative estimate of drug-likeness (QED) is 0.804. The van der Waals surface area contributed by atoms with Gasteiger partial charge in [-0.3, -0.25) is 9.63 Å². The highest BCUT2D eigenvalue weighted by Crippen LogP contribution is 2.22. The first kappa shape index (κ1) is 11.0. The van der Waals surface area contributed by atoms with Gasteiger partial charge < -0.3 is 4.98 Å². The molecule has 0 aliphatic heterocycles. The Balaban J connectivity index is 2.30. The second-order valence-corrected chi connectivity index (χ2v) is 3.85. The smallest absolute Gasteiger partial charge is 0.248 e. The van der Waals surface area contributed by atoms with Crippen LogP contribution in [0.3, 0.4) is 0 Å². The van der Waals surface area contributed by atoms with Crippen molar-refractivity contribution in [2.75, 3.05) is 7.11 Å². The molecule has 1 heterocycles. The van der Waals surface area contributed by atoms with Crippen LogP contribution in [-0.2, 0) is 16.1 Å². The molecule has 0 unspecified atom stereocenters. The monoisotopic (exact) mass is 238 g/mol. The Kier molecular flexibility index (Phi) is 3.12. The molecule has 0 aliphatic rings. The van der Waals surface area contributed by atoms with Crippen LogP contribution in [0.4, 0.5) is 0 Å². The van der Waals surface area contributed by atoms with Gasteiger partial charge in [0.1, 0.15) is 0 Å². The molecule has 0 fully saturated rings. The summed E-state index contributed by atoms with van der Waals surface area (Å²) in [6.45, 7) is 0. The summed E-state index contributed by atoms with van der Waals surface area (Å²) in [6, 6.07) is 5.53. The molecule has 5 heteroatoms. The van der Waals surface area contributed by atoms with Crippen LogP contribution in [-0.4, -0.2) is 18.0 Å². The van der Waals surface area contributed by atoms with Crippen LogP contribution >= 0.6 is 11.6 Å². The van der Waals surface area contributed by atoms with E-state index in [1.807, 2.05) is 12.1 Å². The van der Waals surface area contributed by atoms with Gasteiger partial charge in [-0.25, -0.2) is 5.48 Å². The Labute approximate surface area is 97.5 Å². The number of aromatic amines is 1. The van der Waals surface area contributed by atoms with Gasteiger partial charge >= 0.3 is 0 Å². The zero-order chi connectivity index (χ0) is 11.5. The van der Waals surface area contributed by atoms with Gasteiger partial charge in [0.2, 0.25) is 5.91 Å². The van der Waals surface area contributed by atoms with Crippen LogP contribution in [0, 0.1) is 0 Å². The van der Waals surface area contributed by atoms with Crippen molar-refractivity contribution in [3.05, 3.63) is 35.0 Å². The Bertz CT molecular complexity index is 522. The minimum Gasteiger partial charge on any atom is -0.361 e. The van der Waals surface area contributed by atoms with Gasteiger partial charge in [-0.05, 0) is 23.8 Å². The maximum Gasteiger partial charge on any atom is 0.248 e. The molecule has 0 aliphatic carbocycles. The molecule has 2 aromatic rings. The molecule has 1 amide bonds. The highest BCUT2D eigenvalue weighted by Gasteiger charge is 2.08. The normalized spacial score (nSPS) is 10.6. The summed E-state index contributed by atoms with van der Waals surface area (Å²) < 4.78 is 0. The average Bonchev–Trinajstić information content (AvgIpc) is 2.61. The minimum atomic E-state index is -0.191. The predicted molar refractivity (Wildman–Crippen MR) is 62.2 cm³/mol. The lowest BCUT2D eigenvalue weighted by molar-refractivity contribution is -0.130. The lowest BCUT2D eigenvalue weighted by Crippen LogP contribution is -2.23. The largest absolute Gasteiger partial charge is 0.361 e. The number of carbonyl (C=O) groups is 1. The average molecular weight is 239 g/mol. The van der Waals surface area contributed by atoms with Crippen LogP contribution in [0.1, 0.15) is 5.56 Å². The number of fused-ring (bicyclic) bond motifs is 1. The van der Waals surface area contributed by atoms with Crippen molar-refractivity contribution in [3.8, 4) is 0 Å². The zero-order valence-electron chi connectivity index (χ0n) is 8.71. The highest BCUT2D eigenvalue weighted by atomic mass is 35.5. The summed E-state index contributed by atoms with van der Waals surface area (Å²) in [5.74, 6) is -0.191. The number of amides is 1. The molecule has 4 nitrogen and oxygen atoms in total. The lowest BCUT2D eigenvalue weighted by Gasteiger charge is -2.00. The number of nitrogens with one attached hydrogen (secondary N) is 2. The molecule has 0 spiro atoms. The van der Waals surface area contributed by atoms with Gasteiger partial charge in [0, 0.05) is 22.1 Å². The van der Waals surface area contributed by atoms with E-state index in [1.54, 1.807) is 12.3 Å². The fraction of sp³-hybridized carbons (Fsp3) is 0.182. The van der Waals surface area contributed by atoms with E-state index in [0.717, 1.165) is 16.5 Å². The van der Waals surface area contributed by atoms with Crippen molar-refractivity contribution in [3.63, 3.8) is 0 Å². The van der Waals surface area contributed by atoms with Crippen LogP contribution in [0.2, 0.25) is 5.02 Å². The lowest BCUT2D eigenvalue weighted by atomic mass is 10.1. The molecule has 2 N–H and O–H groups in total. The maximum absolute atomic E-state index is 11.4. The standard InChI is InChI=1S/C11H11ClN2O2/c1-16-14-11(15)4-7-6-13-10-3-2-8(12)5-9(7)10/h2-3,5-6,13H,4H2,1H3,(H,14,15). The van der Waals surface area contributed by atoms with E-state index >= 15 is 0 Å². The number of hydrogen-bond donors (Lipinski definition) is 2. The van der Waals surface area contributed by atoms with E-state index in [0.29, 0.717) is 5.02 Å². The van der Waals surface area contributed by atoms with E-state index in [4.69, 9.17) is 11.6 Å². The number of H-pyrrole nitrogens is 1. The Hall–Kier alpha value is -1.52. The van der Waals surface area contributed by atoms with Gasteiger partial charge in [0.05, 0.1) is 13.5 Å². The topological polar surface area (TPSA) is 54.1 Å². The molecule has 0 saturated carbocycles. The Morgan fingerprint density at radius 3 is 3.12 bits per heavy atom. The van der Waals surface area contributed by atoms with Gasteiger partial charge in [-0.15, -0.1) is 0 Å². The summed E-state index contributed by atoms with van der Waals surface area (Å²) in [4.78, 5) is 19.0. The number of benzene rings is 1. The molecular formula is C11H11ClN2O2. The van der Waals surface area contributed by atoms with Crippen molar-refractivity contribution >= 4 is 28.4 Å². The number of carbonyl (C=O) groups excluding carboxylic acids is 1. The third kappa shape index (κ3) is 2.18. The molecular weight excluding hydrogens is 228 g/mol. The number of hydrogen-bond acceptors (Lipinski definition) is 2. The molecule has 0 saturated heterocycles. The summed E-state index contributed by atoms with van der Waals surface area (Å²) in [5, 5.41) is 1.61. The van der Waals surface area contributed by atoms with Crippen LogP contribution < -0.4 is 5.48 Å². The molecule has 1 aromatic carbocycles. The van der Waals surface area contributed by atoms with Crippen molar-refractivity contribution in [2.24, 2.45) is 0 Å². The molecule has 16 heavy (non-hydrogen) atoms. The number of rotatable bonds is 3. The van der Waals surface area contributed by atoms with Crippen molar-refractivity contribution in [1.82, 2.24) is 10.5 Å². The summed E-state index contributed by atoms with van der Waals surface area (Å²) in [7, 11) is 1.41. The zero-order valence-corrected chi connectivity index (χ0v) is 9.47. The molecule has 84 valence electrons. The van der Waals surface area contributed by atoms with Crippen LogP contribution in [0.5, 0.6) is 0 Å². The molecule has 0 atom stereocenters. The van der Waals surface area contributed by atoms with Crippen molar-refractivity contribution in [1.29, 1.82) is 0 Å². The summed E-state index contributed by atoms with van der Waals surface area (Å²) >= 11 is 5.91. The fourth-order valence-corrected chi connectivity index (χ4v) is 1.79. The first-order valence-electron chi connectivity index (χ1n) is 4.78. The molecule has 2 rings (SSSR count). The second-order valence-electron chi connectivity index (χ2n) is 3.41. The Morgan fingerprint density at radius 1 is 1.56 bits per heavy atom. The minimum absolute atomic E-state index is 0.191. The van der Waals surface area contributed by atoms with Crippen LogP contribution in [0.25, 0.3) is 10.9 Å². The predicted octanol–water partition coefficient (Wildman–Crippen LogP) is 2.04. The third-order valence-corrected chi connectivity index (χ3v) is 2.53. The van der Waals surface area contributed by atoms with Crippen molar-refractivity contribution in [2.45, 2.75) is 6.42 Å².